The van der Waals surface area contributed by atoms with Gasteiger partial charge >= 0.3 is 0 Å². The summed E-state index contributed by atoms with van der Waals surface area (Å²) in [5, 5.41) is 3.67. The summed E-state index contributed by atoms with van der Waals surface area (Å²) < 4.78 is 0. The Morgan fingerprint density at radius 1 is 1.21 bits per heavy atom. The Morgan fingerprint density at radius 3 is 2.71 bits per heavy atom. The van der Waals surface area contributed by atoms with E-state index in [-0.39, 0.29) is 0 Å². The number of piperazine rings is 2. The monoisotopic (exact) mass is 197 g/mol. The van der Waals surface area contributed by atoms with E-state index in [1.807, 2.05) is 0 Å². The van der Waals surface area contributed by atoms with Crippen molar-refractivity contribution in [1.29, 1.82) is 0 Å². The van der Waals surface area contributed by atoms with Crippen LogP contribution in [0, 0.1) is 5.92 Å². The first kappa shape index (κ1) is 10.4. The first-order valence-electron chi connectivity index (χ1n) is 5.83. The fourth-order valence-corrected chi connectivity index (χ4v) is 2.53. The van der Waals surface area contributed by atoms with Gasteiger partial charge in [0, 0.05) is 44.8 Å². The van der Waals surface area contributed by atoms with Gasteiger partial charge in [-0.3, -0.25) is 4.90 Å². The predicted molar refractivity (Wildman–Crippen MR) is 59.5 cm³/mol. The maximum atomic E-state index is 3.67. The highest BCUT2D eigenvalue weighted by Gasteiger charge is 2.32. The number of fused-ring (bicyclic) bond motifs is 1. The van der Waals surface area contributed by atoms with E-state index in [4.69, 9.17) is 0 Å². The van der Waals surface area contributed by atoms with Gasteiger partial charge in [-0.15, -0.1) is 0 Å². The minimum Gasteiger partial charge on any atom is -0.311 e. The van der Waals surface area contributed by atoms with E-state index in [0.717, 1.165) is 12.0 Å². The van der Waals surface area contributed by atoms with Crippen LogP contribution in [-0.2, 0) is 0 Å². The van der Waals surface area contributed by atoms with Crippen LogP contribution in [0.25, 0.3) is 0 Å². The molecule has 0 amide bonds. The third kappa shape index (κ3) is 2.10. The SMILES string of the molecule is CC(C)[C@H]1CN2CCN(C)CC2CN1. The first-order chi connectivity index (χ1) is 6.66. The molecule has 1 unspecified atom stereocenters. The molecule has 3 heteroatoms. The Labute approximate surface area is 87.4 Å². The molecule has 1 N–H and O–H groups in total. The molecule has 2 atom stereocenters. The molecule has 14 heavy (non-hydrogen) atoms. The summed E-state index contributed by atoms with van der Waals surface area (Å²) in [5.41, 5.74) is 0. The Balaban J connectivity index is 1.91. The lowest BCUT2D eigenvalue weighted by Gasteiger charge is -2.46. The van der Waals surface area contributed by atoms with Gasteiger partial charge in [0.25, 0.3) is 0 Å². The molecular formula is C11H23N3. The van der Waals surface area contributed by atoms with Crippen LogP contribution in [0.5, 0.6) is 0 Å². The number of likely N-dealkylation sites (N-methyl/N-ethyl adjacent to an activating group) is 1. The molecule has 0 saturated carbocycles. The van der Waals surface area contributed by atoms with E-state index in [1.54, 1.807) is 0 Å². The van der Waals surface area contributed by atoms with E-state index in [9.17, 15) is 0 Å². The third-order valence-electron chi connectivity index (χ3n) is 3.66. The molecule has 2 rings (SSSR count). The van der Waals surface area contributed by atoms with Crippen LogP contribution in [-0.4, -0.2) is 61.7 Å². The third-order valence-corrected chi connectivity index (χ3v) is 3.66. The molecule has 0 spiro atoms. The van der Waals surface area contributed by atoms with E-state index in [0.29, 0.717) is 6.04 Å². The van der Waals surface area contributed by atoms with E-state index in [1.165, 1.54) is 32.7 Å². The summed E-state index contributed by atoms with van der Waals surface area (Å²) in [6.45, 7) is 10.8. The molecule has 0 aromatic carbocycles. The van der Waals surface area contributed by atoms with Gasteiger partial charge in [0.15, 0.2) is 0 Å². The highest BCUT2D eigenvalue weighted by atomic mass is 15.3. The molecule has 0 aromatic rings. The van der Waals surface area contributed by atoms with Gasteiger partial charge in [-0.05, 0) is 13.0 Å². The normalized spacial score (nSPS) is 36.0. The molecule has 0 aliphatic carbocycles. The lowest BCUT2D eigenvalue weighted by molar-refractivity contribution is 0.0455. The molecule has 2 fully saturated rings. The molecule has 82 valence electrons. The quantitative estimate of drug-likeness (QED) is 0.649. The average molecular weight is 197 g/mol. The second-order valence-electron chi connectivity index (χ2n) is 5.17. The summed E-state index contributed by atoms with van der Waals surface area (Å²) in [4.78, 5) is 5.11. The van der Waals surface area contributed by atoms with Gasteiger partial charge in [-0.25, -0.2) is 0 Å². The van der Waals surface area contributed by atoms with E-state index in [2.05, 4.69) is 36.0 Å². The van der Waals surface area contributed by atoms with Gasteiger partial charge in [0.2, 0.25) is 0 Å². The molecule has 0 radical (unpaired) electrons. The van der Waals surface area contributed by atoms with Gasteiger partial charge in [0.05, 0.1) is 0 Å². The van der Waals surface area contributed by atoms with E-state index >= 15 is 0 Å². The second kappa shape index (κ2) is 4.17. The number of nitrogens with zero attached hydrogens (tertiary/aromatic N) is 2. The molecule has 2 aliphatic heterocycles. The highest BCUT2D eigenvalue weighted by molar-refractivity contribution is 4.91. The van der Waals surface area contributed by atoms with Crippen LogP contribution < -0.4 is 5.32 Å². The van der Waals surface area contributed by atoms with Crippen molar-refractivity contribution < 1.29 is 0 Å². The Morgan fingerprint density at radius 2 is 2.00 bits per heavy atom. The molecule has 2 saturated heterocycles. The fraction of sp³-hybridized carbons (Fsp3) is 1.00. The van der Waals surface area contributed by atoms with Crippen LogP contribution in [0.15, 0.2) is 0 Å². The first-order valence-corrected chi connectivity index (χ1v) is 5.83. The van der Waals surface area contributed by atoms with Crippen molar-refractivity contribution in [1.82, 2.24) is 15.1 Å². The van der Waals surface area contributed by atoms with Gasteiger partial charge in [-0.1, -0.05) is 13.8 Å². The van der Waals surface area contributed by atoms with Gasteiger partial charge < -0.3 is 10.2 Å². The highest BCUT2D eigenvalue weighted by Crippen LogP contribution is 2.16. The minimum absolute atomic E-state index is 0.703. The number of hydrogen-bond acceptors (Lipinski definition) is 3. The number of hydrogen-bond donors (Lipinski definition) is 1. The summed E-state index contributed by atoms with van der Waals surface area (Å²) >= 11 is 0. The smallest absolute Gasteiger partial charge is 0.0349 e. The summed E-state index contributed by atoms with van der Waals surface area (Å²) in [6.07, 6.45) is 0. The molecule has 0 bridgehead atoms. The van der Waals surface area contributed by atoms with Crippen LogP contribution in [0.1, 0.15) is 13.8 Å². The minimum atomic E-state index is 0.703. The summed E-state index contributed by atoms with van der Waals surface area (Å²) in [6, 6.07) is 1.46. The van der Waals surface area contributed by atoms with Crippen LogP contribution in [0.2, 0.25) is 0 Å². The zero-order valence-electron chi connectivity index (χ0n) is 9.66. The largest absolute Gasteiger partial charge is 0.311 e. The molecule has 2 heterocycles. The maximum absolute atomic E-state index is 3.67. The van der Waals surface area contributed by atoms with Crippen LogP contribution >= 0.6 is 0 Å². The second-order valence-corrected chi connectivity index (χ2v) is 5.17. The van der Waals surface area contributed by atoms with Crippen molar-refractivity contribution in [2.75, 3.05) is 39.8 Å². The summed E-state index contributed by atoms with van der Waals surface area (Å²) in [5.74, 6) is 0.760. The fourth-order valence-electron chi connectivity index (χ4n) is 2.53. The van der Waals surface area contributed by atoms with Crippen LogP contribution in [0.4, 0.5) is 0 Å². The van der Waals surface area contributed by atoms with Crippen LogP contribution in [0.3, 0.4) is 0 Å². The van der Waals surface area contributed by atoms with Gasteiger partial charge in [-0.2, -0.15) is 0 Å². The van der Waals surface area contributed by atoms with Crippen molar-refractivity contribution in [2.45, 2.75) is 25.9 Å². The number of nitrogens with one attached hydrogen (secondary N) is 1. The molecule has 0 aromatic heterocycles. The molecule has 2 aliphatic rings. The van der Waals surface area contributed by atoms with Crippen molar-refractivity contribution >= 4 is 0 Å². The van der Waals surface area contributed by atoms with Gasteiger partial charge in [0.1, 0.15) is 0 Å². The molecular weight excluding hydrogens is 174 g/mol. The topological polar surface area (TPSA) is 18.5 Å². The average Bonchev–Trinajstić information content (AvgIpc) is 2.16. The Bertz CT molecular complexity index is 193. The lowest BCUT2D eigenvalue weighted by atomic mass is 9.98. The Kier molecular flexibility index (Phi) is 3.10. The standard InChI is InChI=1S/C11H23N3/c1-9(2)11-8-14-5-4-13(3)7-10(14)6-12-11/h9-12H,4-8H2,1-3H3/t10?,11-/m1/s1. The van der Waals surface area contributed by atoms with Crippen molar-refractivity contribution in [3.63, 3.8) is 0 Å². The summed E-state index contributed by atoms with van der Waals surface area (Å²) in [7, 11) is 2.23. The van der Waals surface area contributed by atoms with Crippen molar-refractivity contribution in [2.24, 2.45) is 5.92 Å². The maximum Gasteiger partial charge on any atom is 0.0349 e. The Hall–Kier alpha value is -0.120. The van der Waals surface area contributed by atoms with Crippen molar-refractivity contribution in [3.05, 3.63) is 0 Å². The number of rotatable bonds is 1. The zero-order chi connectivity index (χ0) is 10.1. The van der Waals surface area contributed by atoms with Crippen molar-refractivity contribution in [3.8, 4) is 0 Å². The zero-order valence-corrected chi connectivity index (χ0v) is 9.66. The molecule has 3 nitrogen and oxygen atoms in total. The lowest BCUT2D eigenvalue weighted by Crippen LogP contribution is -2.64. The van der Waals surface area contributed by atoms with E-state index < -0.39 is 0 Å². The predicted octanol–water partition coefficient (Wildman–Crippen LogP) is 0.230.